The van der Waals surface area contributed by atoms with Gasteiger partial charge in [0, 0.05) is 17.7 Å². The molecule has 0 unspecified atom stereocenters. The van der Waals surface area contributed by atoms with E-state index in [0.717, 1.165) is 16.8 Å². The van der Waals surface area contributed by atoms with Crippen LogP contribution in [0.2, 0.25) is 0 Å². The number of nitrogens with zero attached hydrogens (tertiary/aromatic N) is 4. The van der Waals surface area contributed by atoms with Crippen molar-refractivity contribution in [2.75, 3.05) is 11.4 Å². The Balaban J connectivity index is 1.77. The number of hydrogen-bond donors (Lipinski definition) is 0. The summed E-state index contributed by atoms with van der Waals surface area (Å²) in [4.78, 5) is 32.6. The zero-order valence-corrected chi connectivity index (χ0v) is 15.2. The zero-order valence-electron chi connectivity index (χ0n) is 14.4. The molecule has 4 aromatic rings. The van der Waals surface area contributed by atoms with E-state index >= 15 is 0 Å². The highest BCUT2D eigenvalue weighted by molar-refractivity contribution is 7.15. The fourth-order valence-electron chi connectivity index (χ4n) is 3.41. The summed E-state index contributed by atoms with van der Waals surface area (Å²) in [6.07, 6.45) is 0. The number of hydrogen-bond acceptors (Lipinski definition) is 5. The molecular formula is C20H14N4O2S. The van der Waals surface area contributed by atoms with E-state index in [2.05, 4.69) is 10.1 Å². The van der Waals surface area contributed by atoms with Gasteiger partial charge in [-0.2, -0.15) is 9.50 Å². The molecule has 1 aliphatic rings. The van der Waals surface area contributed by atoms with E-state index in [1.165, 1.54) is 15.9 Å². The van der Waals surface area contributed by atoms with E-state index in [9.17, 15) is 9.59 Å². The van der Waals surface area contributed by atoms with Crippen LogP contribution in [-0.2, 0) is 4.79 Å². The lowest BCUT2D eigenvalue weighted by Gasteiger charge is -2.13. The van der Waals surface area contributed by atoms with Crippen molar-refractivity contribution in [2.45, 2.75) is 6.92 Å². The second-order valence-corrected chi connectivity index (χ2v) is 7.15. The highest BCUT2D eigenvalue weighted by Crippen LogP contribution is 2.34. The van der Waals surface area contributed by atoms with Crippen LogP contribution in [-0.4, -0.2) is 27.0 Å². The first-order valence-electron chi connectivity index (χ1n) is 8.59. The maximum Gasteiger partial charge on any atom is 0.291 e. The van der Waals surface area contributed by atoms with Gasteiger partial charge in [-0.25, -0.2) is 0 Å². The lowest BCUT2D eigenvalue weighted by molar-refractivity contribution is -0.113. The summed E-state index contributed by atoms with van der Waals surface area (Å²) in [5.41, 5.74) is 2.61. The van der Waals surface area contributed by atoms with Gasteiger partial charge in [-0.1, -0.05) is 59.9 Å². The monoisotopic (exact) mass is 374 g/mol. The first kappa shape index (κ1) is 15.9. The van der Waals surface area contributed by atoms with Gasteiger partial charge in [0.25, 0.3) is 11.5 Å². The van der Waals surface area contributed by atoms with Crippen molar-refractivity contribution in [2.24, 2.45) is 0 Å². The number of benzene rings is 2. The lowest BCUT2D eigenvalue weighted by Crippen LogP contribution is -2.32. The van der Waals surface area contributed by atoms with E-state index in [1.54, 1.807) is 4.90 Å². The number of aromatic nitrogens is 3. The highest BCUT2D eigenvalue weighted by Gasteiger charge is 2.33. The second-order valence-electron chi connectivity index (χ2n) is 6.17. The van der Waals surface area contributed by atoms with Crippen LogP contribution in [0.15, 0.2) is 59.4 Å². The number of carbonyl (C=O) groups is 1. The molecule has 2 aromatic carbocycles. The minimum absolute atomic E-state index is 0.149. The fourth-order valence-corrected chi connectivity index (χ4v) is 4.41. The average Bonchev–Trinajstić information content (AvgIpc) is 3.33. The van der Waals surface area contributed by atoms with Crippen LogP contribution in [0.1, 0.15) is 12.5 Å². The van der Waals surface area contributed by atoms with Gasteiger partial charge in [-0.15, -0.1) is 5.10 Å². The Kier molecular flexibility index (Phi) is 3.45. The van der Waals surface area contributed by atoms with Crippen molar-refractivity contribution < 1.29 is 4.79 Å². The normalized spacial score (nSPS) is 15.6. The minimum Gasteiger partial charge on any atom is -0.308 e. The van der Waals surface area contributed by atoms with E-state index < -0.39 is 0 Å². The molecule has 0 saturated heterocycles. The molecule has 1 aliphatic heterocycles. The molecule has 3 heterocycles. The summed E-state index contributed by atoms with van der Waals surface area (Å²) in [6, 6.07) is 17.1. The molecule has 132 valence electrons. The Bertz CT molecular complexity index is 1310. The molecule has 5 rings (SSSR count). The molecule has 0 saturated carbocycles. The van der Waals surface area contributed by atoms with Crippen molar-refractivity contribution in [1.29, 1.82) is 0 Å². The molecular weight excluding hydrogens is 360 g/mol. The summed E-state index contributed by atoms with van der Waals surface area (Å²) in [7, 11) is 0. The molecule has 0 atom stereocenters. The van der Waals surface area contributed by atoms with Gasteiger partial charge in [0.1, 0.15) is 4.53 Å². The van der Waals surface area contributed by atoms with E-state index in [0.29, 0.717) is 27.4 Å². The lowest BCUT2D eigenvalue weighted by atomic mass is 10.1. The second kappa shape index (κ2) is 5.85. The number of thiazole rings is 1. The summed E-state index contributed by atoms with van der Waals surface area (Å²) < 4.78 is 1.68. The van der Waals surface area contributed by atoms with Crippen molar-refractivity contribution >= 4 is 33.5 Å². The van der Waals surface area contributed by atoms with Crippen LogP contribution in [0.4, 0.5) is 5.69 Å². The maximum atomic E-state index is 13.0. The Labute approximate surface area is 158 Å². The smallest absolute Gasteiger partial charge is 0.291 e. The van der Waals surface area contributed by atoms with Crippen molar-refractivity contribution in [1.82, 2.24) is 14.6 Å². The Morgan fingerprint density at radius 1 is 1.00 bits per heavy atom. The molecule has 0 aliphatic carbocycles. The Morgan fingerprint density at radius 3 is 2.48 bits per heavy atom. The molecule has 0 spiro atoms. The van der Waals surface area contributed by atoms with Gasteiger partial charge in [-0.05, 0) is 13.0 Å². The quantitative estimate of drug-likeness (QED) is 0.539. The molecule has 0 fully saturated rings. The van der Waals surface area contributed by atoms with Crippen LogP contribution in [0.5, 0.6) is 0 Å². The van der Waals surface area contributed by atoms with Crippen LogP contribution >= 0.6 is 11.3 Å². The first-order valence-corrected chi connectivity index (χ1v) is 9.41. The number of carbonyl (C=O) groups excluding carboxylic acids is 1. The van der Waals surface area contributed by atoms with Crippen LogP contribution in [0, 0.1) is 0 Å². The van der Waals surface area contributed by atoms with Crippen LogP contribution < -0.4 is 15.0 Å². The molecule has 0 N–H and O–H groups in total. The van der Waals surface area contributed by atoms with E-state index in [-0.39, 0.29) is 11.5 Å². The van der Waals surface area contributed by atoms with Crippen LogP contribution in [0.3, 0.4) is 0 Å². The van der Waals surface area contributed by atoms with Crippen LogP contribution in [0.25, 0.3) is 21.9 Å². The topological polar surface area (TPSA) is 67.6 Å². The zero-order chi connectivity index (χ0) is 18.5. The fraction of sp³-hybridized carbons (Fsp3) is 0.100. The number of anilines is 1. The molecule has 0 radical (unpaired) electrons. The third-order valence-corrected chi connectivity index (χ3v) is 5.69. The summed E-state index contributed by atoms with van der Waals surface area (Å²) in [6.45, 7) is 2.47. The van der Waals surface area contributed by atoms with E-state index in [1.807, 2.05) is 61.5 Å². The molecule has 27 heavy (non-hydrogen) atoms. The van der Waals surface area contributed by atoms with Crippen molar-refractivity contribution in [3.63, 3.8) is 0 Å². The van der Waals surface area contributed by atoms with Gasteiger partial charge in [0.05, 0.1) is 11.3 Å². The summed E-state index contributed by atoms with van der Waals surface area (Å²) >= 11 is 1.21. The van der Waals surface area contributed by atoms with Gasteiger partial charge in [-0.3, -0.25) is 9.59 Å². The Hall–Kier alpha value is -3.32. The number of fused-ring (bicyclic) bond motifs is 2. The SMILES string of the molecule is CCN1C(=O)/C(=c2\sc3nc(-c4ccccc4)nn3c2=O)c2ccccc21. The highest BCUT2D eigenvalue weighted by atomic mass is 32.1. The summed E-state index contributed by atoms with van der Waals surface area (Å²) in [5.74, 6) is 0.354. The van der Waals surface area contributed by atoms with Gasteiger partial charge in [0.2, 0.25) is 4.96 Å². The largest absolute Gasteiger partial charge is 0.308 e. The van der Waals surface area contributed by atoms with Gasteiger partial charge < -0.3 is 4.90 Å². The van der Waals surface area contributed by atoms with Crippen molar-refractivity contribution in [3.8, 4) is 11.4 Å². The average molecular weight is 374 g/mol. The number of amides is 1. The molecule has 2 aromatic heterocycles. The van der Waals surface area contributed by atoms with Crippen molar-refractivity contribution in [3.05, 3.63) is 75.0 Å². The third kappa shape index (κ3) is 2.25. The third-order valence-electron chi connectivity index (χ3n) is 4.66. The number of para-hydroxylation sites is 1. The van der Waals surface area contributed by atoms with Gasteiger partial charge in [0.15, 0.2) is 5.82 Å². The van der Waals surface area contributed by atoms with E-state index in [4.69, 9.17) is 0 Å². The molecule has 7 heteroatoms. The molecule has 1 amide bonds. The van der Waals surface area contributed by atoms with Gasteiger partial charge >= 0.3 is 0 Å². The number of likely N-dealkylation sites (N-methyl/N-ethyl adjacent to an activating group) is 1. The predicted octanol–water partition coefficient (Wildman–Crippen LogP) is 2.10. The first-order chi connectivity index (χ1) is 13.2. The standard InChI is InChI=1S/C20H14N4O2S/c1-2-23-14-11-7-6-10-13(14)15(18(23)25)16-19(26)24-20(27-16)21-17(22-24)12-8-4-3-5-9-12/h3-11H,2H2,1H3/b16-15-. The molecule has 0 bridgehead atoms. The Morgan fingerprint density at radius 2 is 1.74 bits per heavy atom. The predicted molar refractivity (Wildman–Crippen MR) is 105 cm³/mol. The minimum atomic E-state index is -0.305. The number of rotatable bonds is 2. The molecule has 6 nitrogen and oxygen atoms in total. The maximum absolute atomic E-state index is 13.0. The summed E-state index contributed by atoms with van der Waals surface area (Å²) in [5, 5.41) is 4.36.